The van der Waals surface area contributed by atoms with E-state index in [2.05, 4.69) is 9.88 Å². The molecule has 0 aromatic carbocycles. The fourth-order valence-corrected chi connectivity index (χ4v) is 2.87. The molecule has 1 saturated heterocycles. The van der Waals surface area contributed by atoms with Crippen LogP contribution in [-0.2, 0) is 0 Å². The van der Waals surface area contributed by atoms with E-state index in [4.69, 9.17) is 0 Å². The zero-order valence-electron chi connectivity index (χ0n) is 12.4. The Kier molecular flexibility index (Phi) is 3.49. The minimum atomic E-state index is -0.133. The molecule has 1 aliphatic rings. The number of rotatable bonds is 2. The average Bonchev–Trinajstić information content (AvgIpc) is 2.48. The maximum atomic E-state index is 12.4. The number of piperidine rings is 1. The van der Waals surface area contributed by atoms with Crippen molar-refractivity contribution in [1.29, 1.82) is 0 Å². The third-order valence-corrected chi connectivity index (χ3v) is 3.94. The van der Waals surface area contributed by atoms with Gasteiger partial charge in [-0.3, -0.25) is 14.0 Å². The molecule has 5 heteroatoms. The van der Waals surface area contributed by atoms with Crippen LogP contribution < -0.4 is 10.5 Å². The van der Waals surface area contributed by atoms with Gasteiger partial charge >= 0.3 is 0 Å². The number of anilines is 1. The molecule has 0 unspecified atom stereocenters. The van der Waals surface area contributed by atoms with Gasteiger partial charge in [0.05, 0.1) is 5.56 Å². The third-order valence-electron chi connectivity index (χ3n) is 3.94. The number of Topliss-reactive ketones (excluding diaryl/α,β-unsaturated/α-hetero) is 1. The quantitative estimate of drug-likeness (QED) is 0.794. The molecule has 2 aromatic rings. The van der Waals surface area contributed by atoms with Gasteiger partial charge in [0, 0.05) is 25.4 Å². The van der Waals surface area contributed by atoms with Crippen LogP contribution in [0.4, 0.5) is 5.82 Å². The summed E-state index contributed by atoms with van der Waals surface area (Å²) in [5.74, 6) is 0.616. The molecule has 0 spiro atoms. The van der Waals surface area contributed by atoms with Gasteiger partial charge in [0.1, 0.15) is 5.82 Å². The van der Waals surface area contributed by atoms with Gasteiger partial charge in [-0.2, -0.15) is 0 Å². The van der Waals surface area contributed by atoms with Crippen LogP contribution in [0.25, 0.3) is 5.65 Å². The molecule has 21 heavy (non-hydrogen) atoms. The molecular weight excluding hydrogens is 266 g/mol. The second-order valence-corrected chi connectivity index (χ2v) is 5.68. The van der Waals surface area contributed by atoms with E-state index in [1.807, 2.05) is 6.92 Å². The molecule has 3 heterocycles. The summed E-state index contributed by atoms with van der Waals surface area (Å²) in [6.45, 7) is 5.22. The van der Waals surface area contributed by atoms with E-state index in [1.54, 1.807) is 18.3 Å². The Labute approximate surface area is 123 Å². The first-order valence-electron chi connectivity index (χ1n) is 7.36. The number of pyridine rings is 1. The van der Waals surface area contributed by atoms with Crippen molar-refractivity contribution in [3.63, 3.8) is 0 Å². The van der Waals surface area contributed by atoms with E-state index in [-0.39, 0.29) is 11.3 Å². The molecule has 3 rings (SSSR count). The molecule has 0 radical (unpaired) electrons. The van der Waals surface area contributed by atoms with Gasteiger partial charge in [-0.05, 0) is 44.7 Å². The van der Waals surface area contributed by atoms with E-state index in [9.17, 15) is 9.59 Å². The molecule has 1 aliphatic heterocycles. The lowest BCUT2D eigenvalue weighted by atomic mass is 10.1. The zero-order valence-corrected chi connectivity index (χ0v) is 12.4. The zero-order chi connectivity index (χ0) is 15.0. The molecule has 0 aliphatic carbocycles. The smallest absolute Gasteiger partial charge is 0.259 e. The predicted octanol–water partition coefficient (Wildman–Crippen LogP) is 2.20. The Morgan fingerprint density at radius 2 is 1.90 bits per heavy atom. The molecule has 0 N–H and O–H groups in total. The van der Waals surface area contributed by atoms with E-state index < -0.39 is 0 Å². The van der Waals surface area contributed by atoms with E-state index >= 15 is 0 Å². The van der Waals surface area contributed by atoms with Crippen molar-refractivity contribution in [2.45, 2.75) is 33.1 Å². The Morgan fingerprint density at radius 1 is 1.19 bits per heavy atom. The summed E-state index contributed by atoms with van der Waals surface area (Å²) in [6, 6.07) is 3.37. The summed E-state index contributed by atoms with van der Waals surface area (Å²) in [5, 5.41) is 0. The van der Waals surface area contributed by atoms with Crippen LogP contribution in [0.2, 0.25) is 0 Å². The van der Waals surface area contributed by atoms with Crippen LogP contribution in [-0.4, -0.2) is 28.3 Å². The molecule has 0 saturated carbocycles. The summed E-state index contributed by atoms with van der Waals surface area (Å²) in [4.78, 5) is 30.9. The minimum Gasteiger partial charge on any atom is -0.356 e. The van der Waals surface area contributed by atoms with Crippen molar-refractivity contribution < 1.29 is 4.79 Å². The number of hydrogen-bond acceptors (Lipinski definition) is 4. The Bertz CT molecular complexity index is 758. The lowest BCUT2D eigenvalue weighted by Gasteiger charge is -2.27. The number of ketones is 1. The lowest BCUT2D eigenvalue weighted by Crippen LogP contribution is -2.32. The van der Waals surface area contributed by atoms with E-state index in [0.717, 1.165) is 31.5 Å². The first kappa shape index (κ1) is 13.8. The molecule has 110 valence electrons. The lowest BCUT2D eigenvalue weighted by molar-refractivity contribution is 0.101. The topological polar surface area (TPSA) is 54.7 Å². The van der Waals surface area contributed by atoms with Gasteiger partial charge in [0.15, 0.2) is 11.4 Å². The molecular formula is C16H19N3O2. The number of carbonyl (C=O) groups is 1. The van der Waals surface area contributed by atoms with Gasteiger partial charge in [0.25, 0.3) is 5.56 Å². The highest BCUT2D eigenvalue weighted by Gasteiger charge is 2.16. The highest BCUT2D eigenvalue weighted by Crippen LogP contribution is 2.19. The summed E-state index contributed by atoms with van der Waals surface area (Å²) >= 11 is 0. The van der Waals surface area contributed by atoms with Crippen LogP contribution in [0.1, 0.15) is 42.1 Å². The fraction of sp³-hybridized carbons (Fsp3) is 0.438. The van der Waals surface area contributed by atoms with Crippen molar-refractivity contribution in [2.75, 3.05) is 18.0 Å². The van der Waals surface area contributed by atoms with E-state index in [0.29, 0.717) is 17.0 Å². The van der Waals surface area contributed by atoms with E-state index in [1.165, 1.54) is 17.7 Å². The van der Waals surface area contributed by atoms with Gasteiger partial charge in [-0.1, -0.05) is 0 Å². The standard InChI is InChI=1S/C16H19N3O2/c1-11-8-13(12(2)20)16-17-14(9-15(21)19(16)10-11)18-6-4-3-5-7-18/h8-10H,3-7H2,1-2H3. The monoisotopic (exact) mass is 285 g/mol. The minimum absolute atomic E-state index is 0.0705. The maximum Gasteiger partial charge on any atom is 0.259 e. The van der Waals surface area contributed by atoms with Crippen molar-refractivity contribution in [2.24, 2.45) is 0 Å². The average molecular weight is 285 g/mol. The Balaban J connectivity index is 2.22. The number of fused-ring (bicyclic) bond motifs is 1. The van der Waals surface area contributed by atoms with Crippen molar-refractivity contribution >= 4 is 17.2 Å². The van der Waals surface area contributed by atoms with Crippen LogP contribution in [0.15, 0.2) is 23.1 Å². The summed E-state index contributed by atoms with van der Waals surface area (Å²) < 4.78 is 1.47. The summed E-state index contributed by atoms with van der Waals surface area (Å²) in [6.07, 6.45) is 5.20. The number of aryl methyl sites for hydroxylation is 1. The van der Waals surface area contributed by atoms with Crippen LogP contribution in [0, 0.1) is 6.92 Å². The largest absolute Gasteiger partial charge is 0.356 e. The highest BCUT2D eigenvalue weighted by molar-refractivity contribution is 6.00. The highest BCUT2D eigenvalue weighted by atomic mass is 16.1. The molecule has 5 nitrogen and oxygen atoms in total. The number of hydrogen-bond donors (Lipinski definition) is 0. The van der Waals surface area contributed by atoms with Crippen molar-refractivity contribution in [3.05, 3.63) is 39.8 Å². The van der Waals surface area contributed by atoms with Gasteiger partial charge in [-0.25, -0.2) is 4.98 Å². The van der Waals surface area contributed by atoms with Crippen molar-refractivity contribution in [3.8, 4) is 0 Å². The van der Waals surface area contributed by atoms with Gasteiger partial charge in [-0.15, -0.1) is 0 Å². The van der Waals surface area contributed by atoms with Crippen LogP contribution in [0.3, 0.4) is 0 Å². The van der Waals surface area contributed by atoms with Crippen LogP contribution >= 0.6 is 0 Å². The SMILES string of the molecule is CC(=O)c1cc(C)cn2c(=O)cc(N3CCCCC3)nc12. The van der Waals surface area contributed by atoms with Crippen LogP contribution in [0.5, 0.6) is 0 Å². The molecule has 0 amide bonds. The predicted molar refractivity (Wildman–Crippen MR) is 82.3 cm³/mol. The van der Waals surface area contributed by atoms with Gasteiger partial charge in [0.2, 0.25) is 0 Å². The number of nitrogens with zero attached hydrogens (tertiary/aromatic N) is 3. The maximum absolute atomic E-state index is 12.4. The molecule has 0 bridgehead atoms. The molecule has 1 fully saturated rings. The Morgan fingerprint density at radius 3 is 2.57 bits per heavy atom. The first-order valence-corrected chi connectivity index (χ1v) is 7.36. The van der Waals surface area contributed by atoms with Crippen molar-refractivity contribution in [1.82, 2.24) is 9.38 Å². The third kappa shape index (κ3) is 2.55. The summed E-state index contributed by atoms with van der Waals surface area (Å²) in [7, 11) is 0. The molecule has 2 aromatic heterocycles. The fourth-order valence-electron chi connectivity index (χ4n) is 2.87. The Hall–Kier alpha value is -2.17. The van der Waals surface area contributed by atoms with Gasteiger partial charge < -0.3 is 4.90 Å². The summed E-state index contributed by atoms with van der Waals surface area (Å²) in [5.41, 5.74) is 1.71. The molecule has 0 atom stereocenters. The first-order chi connectivity index (χ1) is 10.1. The number of carbonyl (C=O) groups excluding carboxylic acids is 1. The second-order valence-electron chi connectivity index (χ2n) is 5.68. The number of aromatic nitrogens is 2. The normalized spacial score (nSPS) is 15.4. The second kappa shape index (κ2) is 5.31.